The highest BCUT2D eigenvalue weighted by Crippen LogP contribution is 2.25. The summed E-state index contributed by atoms with van der Waals surface area (Å²) in [7, 11) is 0. The Labute approximate surface area is 82.2 Å². The summed E-state index contributed by atoms with van der Waals surface area (Å²) in [5.41, 5.74) is -0.378. The first-order valence-corrected chi connectivity index (χ1v) is 4.63. The van der Waals surface area contributed by atoms with Crippen molar-refractivity contribution in [3.05, 3.63) is 0 Å². The molecule has 1 aliphatic rings. The van der Waals surface area contributed by atoms with Gasteiger partial charge in [-0.3, -0.25) is 10.1 Å². The summed E-state index contributed by atoms with van der Waals surface area (Å²) in [6.07, 6.45) is -0.408. The number of halogens is 2. The summed E-state index contributed by atoms with van der Waals surface area (Å²) in [5.74, 6) is -3.10. The van der Waals surface area contributed by atoms with Crippen LogP contribution in [-0.2, 0) is 4.79 Å². The lowest BCUT2D eigenvalue weighted by Gasteiger charge is -2.22. The largest absolute Gasteiger partial charge is 0.350 e. The Morgan fingerprint density at radius 3 is 2.43 bits per heavy atom. The van der Waals surface area contributed by atoms with E-state index in [0.717, 1.165) is 0 Å². The molecule has 0 aromatic rings. The summed E-state index contributed by atoms with van der Waals surface area (Å²) in [4.78, 5) is 11.4. The second-order valence-corrected chi connectivity index (χ2v) is 4.73. The average molecular weight is 206 g/mol. The van der Waals surface area contributed by atoms with Crippen molar-refractivity contribution >= 4 is 5.91 Å². The molecule has 0 bridgehead atoms. The van der Waals surface area contributed by atoms with Crippen LogP contribution in [0.3, 0.4) is 0 Å². The van der Waals surface area contributed by atoms with Gasteiger partial charge in [-0.05, 0) is 20.8 Å². The number of rotatable bonds is 1. The predicted octanol–water partition coefficient (Wildman–Crippen LogP) is 0.898. The van der Waals surface area contributed by atoms with E-state index in [9.17, 15) is 13.6 Å². The van der Waals surface area contributed by atoms with Crippen LogP contribution in [0.1, 0.15) is 27.2 Å². The second-order valence-electron chi connectivity index (χ2n) is 4.73. The summed E-state index contributed by atoms with van der Waals surface area (Å²) in [5, 5.41) is 5.17. The van der Waals surface area contributed by atoms with Crippen molar-refractivity contribution in [2.45, 2.75) is 44.7 Å². The molecule has 1 aliphatic heterocycles. The normalized spacial score (nSPS) is 26.2. The molecule has 0 aliphatic carbocycles. The maximum atomic E-state index is 12.7. The fourth-order valence-electron chi connectivity index (χ4n) is 1.36. The van der Waals surface area contributed by atoms with Gasteiger partial charge in [-0.2, -0.15) is 0 Å². The zero-order valence-electron chi connectivity index (χ0n) is 8.66. The van der Waals surface area contributed by atoms with Crippen LogP contribution in [0.2, 0.25) is 0 Å². The molecule has 0 radical (unpaired) electrons. The molecule has 1 unspecified atom stereocenters. The first-order valence-electron chi connectivity index (χ1n) is 4.63. The molecule has 14 heavy (non-hydrogen) atoms. The van der Waals surface area contributed by atoms with Crippen LogP contribution in [-0.4, -0.2) is 30.0 Å². The van der Waals surface area contributed by atoms with Gasteiger partial charge in [0.25, 0.3) is 5.92 Å². The number of carbonyl (C=O) groups is 1. The number of hydrogen-bond donors (Lipinski definition) is 2. The highest BCUT2D eigenvalue weighted by atomic mass is 19.3. The highest BCUT2D eigenvalue weighted by Gasteiger charge is 2.42. The Kier molecular flexibility index (Phi) is 2.81. The van der Waals surface area contributed by atoms with Gasteiger partial charge in [0, 0.05) is 12.0 Å². The maximum Gasteiger partial charge on any atom is 0.262 e. The van der Waals surface area contributed by atoms with Crippen LogP contribution in [0, 0.1) is 0 Å². The topological polar surface area (TPSA) is 41.1 Å². The molecule has 82 valence electrons. The minimum atomic E-state index is -2.75. The van der Waals surface area contributed by atoms with E-state index in [4.69, 9.17) is 0 Å². The third kappa shape index (κ3) is 3.21. The summed E-state index contributed by atoms with van der Waals surface area (Å²) in [6, 6.07) is -0.760. The van der Waals surface area contributed by atoms with E-state index in [1.54, 1.807) is 0 Å². The molecule has 0 aromatic carbocycles. The van der Waals surface area contributed by atoms with E-state index in [1.807, 2.05) is 20.8 Å². The van der Waals surface area contributed by atoms with Gasteiger partial charge in [-0.1, -0.05) is 0 Å². The zero-order valence-corrected chi connectivity index (χ0v) is 8.66. The molecule has 1 atom stereocenters. The van der Waals surface area contributed by atoms with Crippen LogP contribution in [0.25, 0.3) is 0 Å². The monoisotopic (exact) mass is 206 g/mol. The third-order valence-corrected chi connectivity index (χ3v) is 1.92. The zero-order chi connectivity index (χ0) is 11.0. The number of alkyl halides is 2. The van der Waals surface area contributed by atoms with E-state index in [1.165, 1.54) is 0 Å². The minimum Gasteiger partial charge on any atom is -0.350 e. The molecule has 1 rings (SSSR count). The van der Waals surface area contributed by atoms with Crippen molar-refractivity contribution in [1.82, 2.24) is 10.6 Å². The molecule has 1 fully saturated rings. The molecule has 2 N–H and O–H groups in total. The van der Waals surface area contributed by atoms with Gasteiger partial charge in [0.1, 0.15) is 0 Å². The van der Waals surface area contributed by atoms with Gasteiger partial charge in [0.2, 0.25) is 5.91 Å². The fourth-order valence-corrected chi connectivity index (χ4v) is 1.36. The van der Waals surface area contributed by atoms with Crippen molar-refractivity contribution in [2.75, 3.05) is 6.54 Å². The molecule has 0 saturated carbocycles. The van der Waals surface area contributed by atoms with Crippen molar-refractivity contribution in [2.24, 2.45) is 0 Å². The van der Waals surface area contributed by atoms with Gasteiger partial charge < -0.3 is 5.32 Å². The summed E-state index contributed by atoms with van der Waals surface area (Å²) < 4.78 is 25.5. The first-order chi connectivity index (χ1) is 6.20. The summed E-state index contributed by atoms with van der Waals surface area (Å²) >= 11 is 0. The molecule has 5 heteroatoms. The van der Waals surface area contributed by atoms with Crippen molar-refractivity contribution < 1.29 is 13.6 Å². The Balaban J connectivity index is 2.48. The highest BCUT2D eigenvalue weighted by molar-refractivity contribution is 5.82. The van der Waals surface area contributed by atoms with Gasteiger partial charge in [0.15, 0.2) is 0 Å². The van der Waals surface area contributed by atoms with E-state index >= 15 is 0 Å². The molecule has 3 nitrogen and oxygen atoms in total. The van der Waals surface area contributed by atoms with Crippen LogP contribution >= 0.6 is 0 Å². The van der Waals surface area contributed by atoms with E-state index in [2.05, 4.69) is 10.6 Å². The van der Waals surface area contributed by atoms with Crippen LogP contribution in [0.5, 0.6) is 0 Å². The fraction of sp³-hybridized carbons (Fsp3) is 0.889. The molecule has 1 heterocycles. The smallest absolute Gasteiger partial charge is 0.262 e. The van der Waals surface area contributed by atoms with Gasteiger partial charge in [-0.25, -0.2) is 8.78 Å². The summed E-state index contributed by atoms with van der Waals surface area (Å²) in [6.45, 7) is 5.04. The third-order valence-electron chi connectivity index (χ3n) is 1.92. The average Bonchev–Trinajstić information content (AvgIpc) is 2.26. The predicted molar refractivity (Wildman–Crippen MR) is 49.3 cm³/mol. The van der Waals surface area contributed by atoms with Crippen LogP contribution < -0.4 is 10.6 Å². The van der Waals surface area contributed by atoms with Gasteiger partial charge in [0.05, 0.1) is 12.6 Å². The Morgan fingerprint density at radius 2 is 2.07 bits per heavy atom. The van der Waals surface area contributed by atoms with Crippen molar-refractivity contribution in [1.29, 1.82) is 0 Å². The number of hydrogen-bond acceptors (Lipinski definition) is 2. The first kappa shape index (κ1) is 11.4. The quantitative estimate of drug-likeness (QED) is 0.669. The molecule has 1 saturated heterocycles. The standard InChI is InChI=1S/C9H16F2N2O/c1-8(2,3)13-7(14)6-4-9(10,11)5-12-6/h6,12H,4-5H2,1-3H3,(H,13,14). The Morgan fingerprint density at radius 1 is 1.50 bits per heavy atom. The molecule has 0 aromatic heterocycles. The SMILES string of the molecule is CC(C)(C)NC(=O)C1CC(F)(F)CN1. The molecule has 0 spiro atoms. The minimum absolute atomic E-state index is 0.352. The second kappa shape index (κ2) is 3.46. The molecular weight excluding hydrogens is 190 g/mol. The number of nitrogens with one attached hydrogen (secondary N) is 2. The maximum absolute atomic E-state index is 12.7. The Bertz CT molecular complexity index is 235. The van der Waals surface area contributed by atoms with E-state index in [0.29, 0.717) is 0 Å². The molecule has 1 amide bonds. The molecular formula is C9H16F2N2O. The van der Waals surface area contributed by atoms with Gasteiger partial charge in [-0.15, -0.1) is 0 Å². The number of carbonyl (C=O) groups excluding carboxylic acids is 1. The van der Waals surface area contributed by atoms with Crippen LogP contribution in [0.15, 0.2) is 0 Å². The lowest BCUT2D eigenvalue weighted by molar-refractivity contribution is -0.124. The Hall–Kier alpha value is -0.710. The van der Waals surface area contributed by atoms with E-state index in [-0.39, 0.29) is 11.4 Å². The van der Waals surface area contributed by atoms with E-state index < -0.39 is 24.9 Å². The van der Waals surface area contributed by atoms with Crippen molar-refractivity contribution in [3.8, 4) is 0 Å². The van der Waals surface area contributed by atoms with Crippen molar-refractivity contribution in [3.63, 3.8) is 0 Å². The van der Waals surface area contributed by atoms with Crippen LogP contribution in [0.4, 0.5) is 8.78 Å². The van der Waals surface area contributed by atoms with Gasteiger partial charge >= 0.3 is 0 Å². The lowest BCUT2D eigenvalue weighted by Crippen LogP contribution is -2.48. The lowest BCUT2D eigenvalue weighted by atomic mass is 10.1. The number of amides is 1.